The maximum atomic E-state index is 13.6. The topological polar surface area (TPSA) is 54.0 Å². The molecule has 6 heteroatoms. The van der Waals surface area contributed by atoms with E-state index in [1.165, 1.54) is 12.3 Å². The molecular formula is C15H15F2N3O. The quantitative estimate of drug-likeness (QED) is 0.907. The molecule has 2 rings (SSSR count). The zero-order chi connectivity index (χ0) is 15.4. The van der Waals surface area contributed by atoms with Gasteiger partial charge in [0, 0.05) is 24.5 Å². The molecule has 2 N–H and O–H groups in total. The lowest BCUT2D eigenvalue weighted by atomic mass is 10.2. The van der Waals surface area contributed by atoms with Crippen molar-refractivity contribution in [2.75, 3.05) is 10.6 Å². The number of nitrogens with zero attached hydrogens (tertiary/aromatic N) is 1. The second-order valence-corrected chi connectivity index (χ2v) is 4.80. The third-order valence-corrected chi connectivity index (χ3v) is 2.69. The number of hydrogen-bond donors (Lipinski definition) is 2. The van der Waals surface area contributed by atoms with Crippen LogP contribution in [0.15, 0.2) is 36.7 Å². The van der Waals surface area contributed by atoms with E-state index in [1.54, 1.807) is 12.3 Å². The van der Waals surface area contributed by atoms with Crippen molar-refractivity contribution in [3.63, 3.8) is 0 Å². The van der Waals surface area contributed by atoms with Crippen LogP contribution < -0.4 is 10.6 Å². The highest BCUT2D eigenvalue weighted by Gasteiger charge is 2.14. The van der Waals surface area contributed by atoms with Gasteiger partial charge in [0.2, 0.25) is 0 Å². The van der Waals surface area contributed by atoms with Crippen molar-refractivity contribution in [1.29, 1.82) is 0 Å². The van der Waals surface area contributed by atoms with Crippen molar-refractivity contribution < 1.29 is 13.6 Å². The van der Waals surface area contributed by atoms with Crippen LogP contribution in [-0.2, 0) is 0 Å². The molecule has 1 aromatic carbocycles. The molecule has 0 saturated carbocycles. The van der Waals surface area contributed by atoms with Crippen LogP contribution in [0, 0.1) is 11.6 Å². The number of benzene rings is 1. The molecule has 1 amide bonds. The molecule has 0 aliphatic rings. The Morgan fingerprint density at radius 2 is 1.95 bits per heavy atom. The minimum atomic E-state index is -0.828. The van der Waals surface area contributed by atoms with Gasteiger partial charge in [-0.25, -0.2) is 8.78 Å². The highest BCUT2D eigenvalue weighted by atomic mass is 19.1. The van der Waals surface area contributed by atoms with Crippen molar-refractivity contribution >= 4 is 17.3 Å². The van der Waals surface area contributed by atoms with Crippen LogP contribution in [0.25, 0.3) is 0 Å². The molecule has 0 aliphatic heterocycles. The van der Waals surface area contributed by atoms with Crippen molar-refractivity contribution in [2.24, 2.45) is 0 Å². The zero-order valence-electron chi connectivity index (χ0n) is 11.7. The van der Waals surface area contributed by atoms with Crippen LogP contribution in [0.3, 0.4) is 0 Å². The summed E-state index contributed by atoms with van der Waals surface area (Å²) >= 11 is 0. The smallest absolute Gasteiger partial charge is 0.259 e. The zero-order valence-corrected chi connectivity index (χ0v) is 11.7. The van der Waals surface area contributed by atoms with Gasteiger partial charge in [0.05, 0.1) is 16.9 Å². The Hall–Kier alpha value is -2.50. The monoisotopic (exact) mass is 291 g/mol. The van der Waals surface area contributed by atoms with Crippen LogP contribution in [0.2, 0.25) is 0 Å². The Bertz CT molecular complexity index is 659. The van der Waals surface area contributed by atoms with Crippen molar-refractivity contribution in [3.8, 4) is 0 Å². The van der Waals surface area contributed by atoms with E-state index < -0.39 is 17.5 Å². The maximum Gasteiger partial charge on any atom is 0.259 e. The molecular weight excluding hydrogens is 276 g/mol. The van der Waals surface area contributed by atoms with Gasteiger partial charge in [0.15, 0.2) is 0 Å². The third kappa shape index (κ3) is 3.75. The number of carbonyl (C=O) groups excluding carboxylic acids is 1. The fourth-order valence-electron chi connectivity index (χ4n) is 1.79. The number of aromatic nitrogens is 1. The SMILES string of the molecule is CC(C)Nc1ccncc1C(=O)Nc1ccc(F)cc1F. The number of carbonyl (C=O) groups is 1. The van der Waals surface area contributed by atoms with Crippen LogP contribution in [0.1, 0.15) is 24.2 Å². The molecule has 4 nitrogen and oxygen atoms in total. The molecule has 0 spiro atoms. The predicted molar refractivity (Wildman–Crippen MR) is 77.3 cm³/mol. The van der Waals surface area contributed by atoms with Gasteiger partial charge < -0.3 is 10.6 Å². The first-order chi connectivity index (χ1) is 9.97. The van der Waals surface area contributed by atoms with Crippen molar-refractivity contribution in [2.45, 2.75) is 19.9 Å². The number of hydrogen-bond acceptors (Lipinski definition) is 3. The minimum absolute atomic E-state index is 0.0826. The predicted octanol–water partition coefficient (Wildman–Crippen LogP) is 3.43. The van der Waals surface area contributed by atoms with Crippen LogP contribution in [0.5, 0.6) is 0 Å². The lowest BCUT2D eigenvalue weighted by Crippen LogP contribution is -2.18. The fraction of sp³-hybridized carbons (Fsp3) is 0.200. The van der Waals surface area contributed by atoms with E-state index in [1.807, 2.05) is 13.8 Å². The minimum Gasteiger partial charge on any atom is -0.382 e. The van der Waals surface area contributed by atoms with Crippen molar-refractivity contribution in [1.82, 2.24) is 4.98 Å². The number of rotatable bonds is 4. The molecule has 0 bridgehead atoms. The molecule has 0 radical (unpaired) electrons. The van der Waals surface area contributed by atoms with Crippen LogP contribution >= 0.6 is 0 Å². The number of anilines is 2. The van der Waals surface area contributed by atoms with E-state index in [0.29, 0.717) is 11.8 Å². The molecule has 0 fully saturated rings. The van der Waals surface area contributed by atoms with E-state index in [4.69, 9.17) is 0 Å². The van der Waals surface area contributed by atoms with Crippen molar-refractivity contribution in [3.05, 3.63) is 53.9 Å². The summed E-state index contributed by atoms with van der Waals surface area (Å²) in [5.74, 6) is -2.04. The summed E-state index contributed by atoms with van der Waals surface area (Å²) in [6.07, 6.45) is 2.95. The van der Waals surface area contributed by atoms with Gasteiger partial charge in [0.1, 0.15) is 11.6 Å². The lowest BCUT2D eigenvalue weighted by Gasteiger charge is -2.14. The van der Waals surface area contributed by atoms with Gasteiger partial charge in [-0.2, -0.15) is 0 Å². The van der Waals surface area contributed by atoms with Gasteiger partial charge in [-0.15, -0.1) is 0 Å². The Kier molecular flexibility index (Phi) is 4.47. The molecule has 2 aromatic rings. The second-order valence-electron chi connectivity index (χ2n) is 4.80. The van der Waals surface area contributed by atoms with Gasteiger partial charge in [-0.1, -0.05) is 0 Å². The van der Waals surface area contributed by atoms with E-state index in [0.717, 1.165) is 6.07 Å². The van der Waals surface area contributed by atoms with E-state index in [2.05, 4.69) is 15.6 Å². The first-order valence-corrected chi connectivity index (χ1v) is 6.44. The Balaban J connectivity index is 2.24. The molecule has 0 atom stereocenters. The summed E-state index contributed by atoms with van der Waals surface area (Å²) < 4.78 is 26.4. The molecule has 0 saturated heterocycles. The normalized spacial score (nSPS) is 10.5. The molecule has 1 heterocycles. The van der Waals surface area contributed by atoms with E-state index in [-0.39, 0.29) is 17.3 Å². The van der Waals surface area contributed by atoms with Crippen LogP contribution in [-0.4, -0.2) is 16.9 Å². The van der Waals surface area contributed by atoms with Gasteiger partial charge in [-0.3, -0.25) is 9.78 Å². The summed E-state index contributed by atoms with van der Waals surface area (Å²) in [4.78, 5) is 16.1. The van der Waals surface area contributed by atoms with E-state index in [9.17, 15) is 13.6 Å². The van der Waals surface area contributed by atoms with E-state index >= 15 is 0 Å². The first-order valence-electron chi connectivity index (χ1n) is 6.44. The first kappa shape index (κ1) is 14.9. The molecule has 110 valence electrons. The lowest BCUT2D eigenvalue weighted by molar-refractivity contribution is 0.102. The average Bonchev–Trinajstić information content (AvgIpc) is 2.42. The summed E-state index contributed by atoms with van der Waals surface area (Å²) in [7, 11) is 0. The Labute approximate surface area is 121 Å². The van der Waals surface area contributed by atoms with Gasteiger partial charge in [-0.05, 0) is 32.0 Å². The largest absolute Gasteiger partial charge is 0.382 e. The Morgan fingerprint density at radius 1 is 1.19 bits per heavy atom. The molecule has 0 aliphatic carbocycles. The van der Waals surface area contributed by atoms with Gasteiger partial charge in [0.25, 0.3) is 5.91 Å². The number of halogens is 2. The molecule has 0 unspecified atom stereocenters. The summed E-state index contributed by atoms with van der Waals surface area (Å²) in [6.45, 7) is 3.86. The highest BCUT2D eigenvalue weighted by Crippen LogP contribution is 2.19. The number of amides is 1. The Morgan fingerprint density at radius 3 is 2.62 bits per heavy atom. The number of pyridine rings is 1. The standard InChI is InChI=1S/C15H15F2N3O/c1-9(2)19-13-5-6-18-8-11(13)15(21)20-14-4-3-10(16)7-12(14)17/h3-9H,1-2H3,(H,18,19)(H,20,21). The summed E-state index contributed by atoms with van der Waals surface area (Å²) in [5.41, 5.74) is 0.802. The fourth-order valence-corrected chi connectivity index (χ4v) is 1.79. The maximum absolute atomic E-state index is 13.6. The van der Waals surface area contributed by atoms with Gasteiger partial charge >= 0.3 is 0 Å². The summed E-state index contributed by atoms with van der Waals surface area (Å²) in [5, 5.41) is 5.52. The molecule has 1 aromatic heterocycles. The van der Waals surface area contributed by atoms with Crippen LogP contribution in [0.4, 0.5) is 20.2 Å². The second kappa shape index (κ2) is 6.30. The third-order valence-electron chi connectivity index (χ3n) is 2.69. The number of nitrogens with one attached hydrogen (secondary N) is 2. The summed E-state index contributed by atoms with van der Waals surface area (Å²) in [6, 6.07) is 4.76. The average molecular weight is 291 g/mol. The highest BCUT2D eigenvalue weighted by molar-refractivity contribution is 6.07. The molecule has 21 heavy (non-hydrogen) atoms.